The lowest BCUT2D eigenvalue weighted by molar-refractivity contribution is 0.00821. The van der Waals surface area contributed by atoms with Crippen LogP contribution in [0, 0.1) is 5.92 Å². The van der Waals surface area contributed by atoms with Gasteiger partial charge >= 0.3 is 0 Å². The summed E-state index contributed by atoms with van der Waals surface area (Å²) in [5.41, 5.74) is 0. The van der Waals surface area contributed by atoms with Crippen molar-refractivity contribution in [3.63, 3.8) is 0 Å². The minimum absolute atomic E-state index is 0.413. The van der Waals surface area contributed by atoms with Gasteiger partial charge in [0.2, 0.25) is 0 Å². The molecule has 1 aliphatic heterocycles. The van der Waals surface area contributed by atoms with Crippen LogP contribution in [0.5, 0.6) is 0 Å². The molecule has 112 valence electrons. The fourth-order valence-electron chi connectivity index (χ4n) is 3.10. The molecule has 0 radical (unpaired) electrons. The van der Waals surface area contributed by atoms with Gasteiger partial charge in [-0.3, -0.25) is 4.90 Å². The zero-order chi connectivity index (χ0) is 13.7. The second-order valence-electron chi connectivity index (χ2n) is 6.08. The highest BCUT2D eigenvalue weighted by atomic mass is 16.5. The predicted octanol–water partition coefficient (Wildman–Crippen LogP) is 1.50. The van der Waals surface area contributed by atoms with Crippen LogP contribution in [0.3, 0.4) is 0 Å². The molecule has 2 aliphatic rings. The van der Waals surface area contributed by atoms with Crippen LogP contribution in [0.15, 0.2) is 0 Å². The molecule has 19 heavy (non-hydrogen) atoms. The molecule has 0 spiro atoms. The van der Waals surface area contributed by atoms with Gasteiger partial charge in [-0.1, -0.05) is 0 Å². The zero-order valence-electron chi connectivity index (χ0n) is 12.7. The third kappa shape index (κ3) is 4.71. The number of methoxy groups -OCH3 is 1. The summed E-state index contributed by atoms with van der Waals surface area (Å²) in [6.45, 7) is 6.27. The first-order valence-electron chi connectivity index (χ1n) is 7.77. The van der Waals surface area contributed by atoms with Crippen molar-refractivity contribution in [2.24, 2.45) is 5.92 Å². The maximum absolute atomic E-state index is 6.12. The van der Waals surface area contributed by atoms with E-state index in [9.17, 15) is 0 Å². The molecule has 1 aliphatic carbocycles. The topological polar surface area (TPSA) is 33.7 Å². The summed E-state index contributed by atoms with van der Waals surface area (Å²) in [5, 5.41) is 3.21. The fraction of sp³-hybridized carbons (Fsp3) is 1.00. The van der Waals surface area contributed by atoms with E-state index in [2.05, 4.69) is 17.1 Å². The van der Waals surface area contributed by atoms with Crippen molar-refractivity contribution >= 4 is 0 Å². The predicted molar refractivity (Wildman–Crippen MR) is 77.5 cm³/mol. The number of nitrogens with one attached hydrogen (secondary N) is 1. The SMILES string of the molecule is CNCC1CCC(CN(CCOC)C(C)C2CC2)O1. The molecule has 3 atom stereocenters. The van der Waals surface area contributed by atoms with Gasteiger partial charge in [0.25, 0.3) is 0 Å². The minimum atomic E-state index is 0.413. The van der Waals surface area contributed by atoms with Gasteiger partial charge in [0, 0.05) is 32.8 Å². The van der Waals surface area contributed by atoms with Crippen LogP contribution in [-0.4, -0.2) is 63.5 Å². The molecule has 2 fully saturated rings. The normalized spacial score (nSPS) is 29.1. The van der Waals surface area contributed by atoms with Gasteiger partial charge in [-0.25, -0.2) is 0 Å². The minimum Gasteiger partial charge on any atom is -0.383 e. The van der Waals surface area contributed by atoms with E-state index in [0.29, 0.717) is 18.2 Å². The maximum atomic E-state index is 6.12. The molecule has 0 bridgehead atoms. The highest BCUT2D eigenvalue weighted by Gasteiger charge is 2.34. The van der Waals surface area contributed by atoms with E-state index in [1.165, 1.54) is 25.7 Å². The molecule has 0 aromatic carbocycles. The molecule has 2 rings (SSSR count). The number of hydrogen-bond acceptors (Lipinski definition) is 4. The summed E-state index contributed by atoms with van der Waals surface area (Å²) in [6.07, 6.45) is 6.03. The lowest BCUT2D eigenvalue weighted by atomic mass is 10.1. The van der Waals surface area contributed by atoms with E-state index in [4.69, 9.17) is 9.47 Å². The van der Waals surface area contributed by atoms with Crippen LogP contribution in [0.1, 0.15) is 32.6 Å². The third-order valence-corrected chi connectivity index (χ3v) is 4.53. The molecular formula is C15H30N2O2. The molecule has 0 aromatic heterocycles. The third-order valence-electron chi connectivity index (χ3n) is 4.53. The van der Waals surface area contributed by atoms with Gasteiger partial charge in [-0.05, 0) is 45.6 Å². The molecule has 0 aromatic rings. The summed E-state index contributed by atoms with van der Waals surface area (Å²) < 4.78 is 11.4. The lowest BCUT2D eigenvalue weighted by Crippen LogP contribution is -2.42. The largest absolute Gasteiger partial charge is 0.383 e. The highest BCUT2D eigenvalue weighted by Crippen LogP contribution is 2.35. The van der Waals surface area contributed by atoms with E-state index in [1.807, 2.05) is 7.05 Å². The first kappa shape index (κ1) is 15.2. The first-order valence-corrected chi connectivity index (χ1v) is 7.77. The summed E-state index contributed by atoms with van der Waals surface area (Å²) in [6, 6.07) is 0.683. The van der Waals surface area contributed by atoms with E-state index in [0.717, 1.165) is 32.2 Å². The Kier molecular flexibility index (Phi) is 6.07. The van der Waals surface area contributed by atoms with E-state index in [-0.39, 0.29) is 0 Å². The van der Waals surface area contributed by atoms with Gasteiger partial charge in [-0.15, -0.1) is 0 Å². The van der Waals surface area contributed by atoms with E-state index < -0.39 is 0 Å². The molecule has 4 nitrogen and oxygen atoms in total. The van der Waals surface area contributed by atoms with Gasteiger partial charge < -0.3 is 14.8 Å². The number of nitrogens with zero attached hydrogens (tertiary/aromatic N) is 1. The first-order chi connectivity index (χ1) is 9.24. The highest BCUT2D eigenvalue weighted by molar-refractivity contribution is 4.87. The Morgan fingerprint density at radius 1 is 1.26 bits per heavy atom. The van der Waals surface area contributed by atoms with Crippen molar-refractivity contribution in [1.82, 2.24) is 10.2 Å². The van der Waals surface area contributed by atoms with Crippen molar-refractivity contribution < 1.29 is 9.47 Å². The Balaban J connectivity index is 1.78. The monoisotopic (exact) mass is 270 g/mol. The Morgan fingerprint density at radius 2 is 2.00 bits per heavy atom. The van der Waals surface area contributed by atoms with Crippen LogP contribution in [0.25, 0.3) is 0 Å². The Labute approximate surface area is 117 Å². The quantitative estimate of drug-likeness (QED) is 0.688. The molecule has 1 N–H and O–H groups in total. The van der Waals surface area contributed by atoms with Gasteiger partial charge in [0.15, 0.2) is 0 Å². The average Bonchev–Trinajstić information content (AvgIpc) is 3.16. The second kappa shape index (κ2) is 7.58. The van der Waals surface area contributed by atoms with E-state index in [1.54, 1.807) is 7.11 Å². The second-order valence-corrected chi connectivity index (χ2v) is 6.08. The molecule has 1 saturated carbocycles. The Hall–Kier alpha value is -0.160. The standard InChI is InChI=1S/C15H30N2O2/c1-12(13-4-5-13)17(8-9-18-3)11-15-7-6-14(19-15)10-16-2/h12-16H,4-11H2,1-3H3. The van der Waals surface area contributed by atoms with Crippen molar-refractivity contribution in [3.05, 3.63) is 0 Å². The number of hydrogen-bond donors (Lipinski definition) is 1. The zero-order valence-corrected chi connectivity index (χ0v) is 12.7. The summed E-state index contributed by atoms with van der Waals surface area (Å²) >= 11 is 0. The maximum Gasteiger partial charge on any atom is 0.0707 e. The van der Waals surface area contributed by atoms with Crippen LogP contribution in [0.2, 0.25) is 0 Å². The number of likely N-dealkylation sites (N-methyl/N-ethyl adjacent to an activating group) is 1. The molecule has 1 saturated heterocycles. The van der Waals surface area contributed by atoms with Crippen molar-refractivity contribution in [1.29, 1.82) is 0 Å². The van der Waals surface area contributed by atoms with Crippen molar-refractivity contribution in [2.45, 2.75) is 50.9 Å². The Morgan fingerprint density at radius 3 is 2.63 bits per heavy atom. The van der Waals surface area contributed by atoms with Gasteiger partial charge in [0.05, 0.1) is 18.8 Å². The average molecular weight is 270 g/mol. The van der Waals surface area contributed by atoms with Gasteiger partial charge in [0.1, 0.15) is 0 Å². The molecule has 4 heteroatoms. The van der Waals surface area contributed by atoms with Crippen LogP contribution < -0.4 is 5.32 Å². The Bertz CT molecular complexity index is 259. The molecule has 1 heterocycles. The van der Waals surface area contributed by atoms with Crippen LogP contribution in [0.4, 0.5) is 0 Å². The molecule has 3 unspecified atom stereocenters. The number of rotatable bonds is 9. The smallest absolute Gasteiger partial charge is 0.0707 e. The van der Waals surface area contributed by atoms with Crippen molar-refractivity contribution in [2.75, 3.05) is 40.4 Å². The van der Waals surface area contributed by atoms with Crippen LogP contribution in [-0.2, 0) is 9.47 Å². The summed E-state index contributed by atoms with van der Waals surface area (Å²) in [5.74, 6) is 0.909. The van der Waals surface area contributed by atoms with Crippen molar-refractivity contribution in [3.8, 4) is 0 Å². The molecular weight excluding hydrogens is 240 g/mol. The van der Waals surface area contributed by atoms with Crippen LogP contribution >= 0.6 is 0 Å². The lowest BCUT2D eigenvalue weighted by Gasteiger charge is -2.31. The summed E-state index contributed by atoms with van der Waals surface area (Å²) in [7, 11) is 3.78. The van der Waals surface area contributed by atoms with Gasteiger partial charge in [-0.2, -0.15) is 0 Å². The molecule has 0 amide bonds. The summed E-state index contributed by atoms with van der Waals surface area (Å²) in [4.78, 5) is 2.58. The van der Waals surface area contributed by atoms with E-state index >= 15 is 0 Å². The number of ether oxygens (including phenoxy) is 2. The fourth-order valence-corrected chi connectivity index (χ4v) is 3.10.